The molecule has 1 aliphatic carbocycles. The van der Waals surface area contributed by atoms with Crippen molar-refractivity contribution in [2.45, 2.75) is 18.9 Å². The number of pyridine rings is 1. The van der Waals surface area contributed by atoms with E-state index in [1.165, 1.54) is 0 Å². The average molecular weight is 288 g/mol. The van der Waals surface area contributed by atoms with E-state index in [4.69, 9.17) is 11.6 Å². The Hall–Kier alpha value is -2.07. The number of nitrogens with one attached hydrogen (secondary N) is 1. The van der Waals surface area contributed by atoms with Crippen molar-refractivity contribution in [3.05, 3.63) is 53.7 Å². The van der Waals surface area contributed by atoms with Gasteiger partial charge in [0.05, 0.1) is 0 Å². The molecular formula is C15H14ClN3O. The lowest BCUT2D eigenvalue weighted by Crippen LogP contribution is -2.37. The highest BCUT2D eigenvalue weighted by atomic mass is 35.5. The van der Waals surface area contributed by atoms with Gasteiger partial charge in [0.2, 0.25) is 0 Å². The number of carbonyl (C=O) groups is 1. The van der Waals surface area contributed by atoms with E-state index in [2.05, 4.69) is 10.3 Å². The first-order chi connectivity index (χ1) is 9.74. The number of rotatable bonds is 3. The maximum absolute atomic E-state index is 12.4. The molecule has 4 nitrogen and oxygen atoms in total. The second-order valence-electron chi connectivity index (χ2n) is 4.73. The van der Waals surface area contributed by atoms with Crippen LogP contribution in [0.25, 0.3) is 0 Å². The quantitative estimate of drug-likeness (QED) is 0.929. The maximum atomic E-state index is 12.4. The van der Waals surface area contributed by atoms with Crippen LogP contribution in [-0.2, 0) is 0 Å². The molecule has 3 rings (SSSR count). The third-order valence-corrected chi connectivity index (χ3v) is 3.34. The molecule has 1 N–H and O–H groups in total. The Morgan fingerprint density at radius 3 is 2.75 bits per heavy atom. The minimum Gasteiger partial charge on any atom is -0.307 e. The van der Waals surface area contributed by atoms with Crippen molar-refractivity contribution in [2.75, 3.05) is 10.2 Å². The molecule has 1 aromatic heterocycles. The van der Waals surface area contributed by atoms with Crippen molar-refractivity contribution in [1.82, 2.24) is 4.98 Å². The lowest BCUT2D eigenvalue weighted by Gasteiger charge is -2.21. The zero-order valence-electron chi connectivity index (χ0n) is 10.8. The molecule has 0 saturated heterocycles. The molecule has 1 heterocycles. The number of halogens is 1. The monoisotopic (exact) mass is 287 g/mol. The highest BCUT2D eigenvalue weighted by Gasteiger charge is 2.34. The number of benzene rings is 1. The van der Waals surface area contributed by atoms with Crippen LogP contribution in [0, 0.1) is 0 Å². The van der Waals surface area contributed by atoms with Gasteiger partial charge in [-0.25, -0.2) is 9.78 Å². The second-order valence-corrected chi connectivity index (χ2v) is 5.17. The van der Waals surface area contributed by atoms with Crippen LogP contribution in [0.2, 0.25) is 5.02 Å². The Morgan fingerprint density at radius 1 is 1.25 bits per heavy atom. The molecular weight excluding hydrogens is 274 g/mol. The van der Waals surface area contributed by atoms with Crippen LogP contribution in [0.5, 0.6) is 0 Å². The summed E-state index contributed by atoms with van der Waals surface area (Å²) < 4.78 is 0. The molecule has 0 atom stereocenters. The molecule has 1 fully saturated rings. The Balaban J connectivity index is 1.80. The number of hydrogen-bond acceptors (Lipinski definition) is 2. The molecule has 102 valence electrons. The summed E-state index contributed by atoms with van der Waals surface area (Å²) in [6.07, 6.45) is 3.72. The van der Waals surface area contributed by atoms with Crippen molar-refractivity contribution in [3.63, 3.8) is 0 Å². The minimum absolute atomic E-state index is 0.173. The minimum atomic E-state index is -0.173. The number of nitrogens with zero attached hydrogens (tertiary/aromatic N) is 2. The van der Waals surface area contributed by atoms with Crippen LogP contribution in [0.3, 0.4) is 0 Å². The van der Waals surface area contributed by atoms with E-state index >= 15 is 0 Å². The van der Waals surface area contributed by atoms with Gasteiger partial charge < -0.3 is 5.32 Å². The van der Waals surface area contributed by atoms with Crippen LogP contribution in [0.15, 0.2) is 48.7 Å². The van der Waals surface area contributed by atoms with Crippen molar-refractivity contribution < 1.29 is 4.79 Å². The van der Waals surface area contributed by atoms with Gasteiger partial charge in [0.15, 0.2) is 0 Å². The van der Waals surface area contributed by atoms with Crippen LogP contribution in [-0.4, -0.2) is 17.1 Å². The molecule has 0 aliphatic heterocycles. The van der Waals surface area contributed by atoms with E-state index in [1.807, 2.05) is 24.3 Å². The molecule has 1 aliphatic rings. The topological polar surface area (TPSA) is 45.2 Å². The number of urea groups is 1. The smallest absolute Gasteiger partial charge is 0.307 e. The van der Waals surface area contributed by atoms with E-state index < -0.39 is 0 Å². The predicted octanol–water partition coefficient (Wildman–Crippen LogP) is 3.94. The van der Waals surface area contributed by atoms with E-state index in [0.29, 0.717) is 16.5 Å². The summed E-state index contributed by atoms with van der Waals surface area (Å²) >= 11 is 5.92. The van der Waals surface area contributed by atoms with Crippen molar-refractivity contribution in [2.24, 2.45) is 0 Å². The highest BCUT2D eigenvalue weighted by Crippen LogP contribution is 2.31. The lowest BCUT2D eigenvalue weighted by molar-refractivity contribution is 0.256. The summed E-state index contributed by atoms with van der Waals surface area (Å²) in [5.74, 6) is 0.675. The normalized spacial score (nSPS) is 13.8. The summed E-state index contributed by atoms with van der Waals surface area (Å²) in [6, 6.07) is 12.7. The fraction of sp³-hybridized carbons (Fsp3) is 0.200. The van der Waals surface area contributed by atoms with E-state index in [9.17, 15) is 4.79 Å². The Kier molecular flexibility index (Phi) is 3.56. The first kappa shape index (κ1) is 12.9. The number of hydrogen-bond donors (Lipinski definition) is 1. The van der Waals surface area contributed by atoms with E-state index in [1.54, 1.807) is 29.3 Å². The summed E-state index contributed by atoms with van der Waals surface area (Å²) in [5.41, 5.74) is 0.684. The summed E-state index contributed by atoms with van der Waals surface area (Å²) in [5, 5.41) is 3.46. The first-order valence-electron chi connectivity index (χ1n) is 6.51. The molecule has 1 saturated carbocycles. The van der Waals surface area contributed by atoms with Gasteiger partial charge in [-0.2, -0.15) is 0 Å². The number of anilines is 2. The SMILES string of the molecule is O=C(Nc1cccc(Cl)c1)N(c1ccccn1)C1CC1. The predicted molar refractivity (Wildman–Crippen MR) is 80.2 cm³/mol. The Bertz CT molecular complexity index is 614. The van der Waals surface area contributed by atoms with Crippen LogP contribution in [0.4, 0.5) is 16.3 Å². The Labute approximate surface area is 122 Å². The van der Waals surface area contributed by atoms with Crippen LogP contribution in [0.1, 0.15) is 12.8 Å². The fourth-order valence-corrected chi connectivity index (χ4v) is 2.23. The van der Waals surface area contributed by atoms with Crippen molar-refractivity contribution >= 4 is 29.1 Å². The van der Waals surface area contributed by atoms with Crippen molar-refractivity contribution in [3.8, 4) is 0 Å². The number of amides is 2. The van der Waals surface area contributed by atoms with Gasteiger partial charge in [-0.15, -0.1) is 0 Å². The zero-order chi connectivity index (χ0) is 13.9. The highest BCUT2D eigenvalue weighted by molar-refractivity contribution is 6.30. The molecule has 0 unspecified atom stereocenters. The third kappa shape index (κ3) is 2.91. The van der Waals surface area contributed by atoms with Crippen LogP contribution < -0.4 is 10.2 Å². The lowest BCUT2D eigenvalue weighted by atomic mass is 10.3. The largest absolute Gasteiger partial charge is 0.327 e. The number of carbonyl (C=O) groups excluding carboxylic acids is 1. The fourth-order valence-electron chi connectivity index (χ4n) is 2.04. The molecule has 2 aromatic rings. The van der Waals surface area contributed by atoms with Gasteiger partial charge >= 0.3 is 6.03 Å². The van der Waals surface area contributed by atoms with Gasteiger partial charge in [-0.3, -0.25) is 4.90 Å². The third-order valence-electron chi connectivity index (χ3n) is 3.10. The van der Waals surface area contributed by atoms with E-state index in [-0.39, 0.29) is 12.1 Å². The molecule has 1 aromatic carbocycles. The van der Waals surface area contributed by atoms with Gasteiger partial charge in [-0.05, 0) is 43.2 Å². The van der Waals surface area contributed by atoms with Gasteiger partial charge in [0, 0.05) is 22.9 Å². The summed E-state index contributed by atoms with van der Waals surface area (Å²) in [6.45, 7) is 0. The summed E-state index contributed by atoms with van der Waals surface area (Å²) in [4.78, 5) is 18.4. The molecule has 0 bridgehead atoms. The Morgan fingerprint density at radius 2 is 2.10 bits per heavy atom. The van der Waals surface area contributed by atoms with Gasteiger partial charge in [0.25, 0.3) is 0 Å². The second kappa shape index (κ2) is 5.51. The van der Waals surface area contributed by atoms with Crippen LogP contribution >= 0.6 is 11.6 Å². The molecule has 2 amide bonds. The molecule has 0 radical (unpaired) electrons. The maximum Gasteiger partial charge on any atom is 0.327 e. The zero-order valence-corrected chi connectivity index (χ0v) is 11.5. The van der Waals surface area contributed by atoms with E-state index in [0.717, 1.165) is 12.8 Å². The molecule has 20 heavy (non-hydrogen) atoms. The van der Waals surface area contributed by atoms with Crippen molar-refractivity contribution in [1.29, 1.82) is 0 Å². The summed E-state index contributed by atoms with van der Waals surface area (Å²) in [7, 11) is 0. The molecule has 0 spiro atoms. The first-order valence-corrected chi connectivity index (χ1v) is 6.88. The molecule has 5 heteroatoms. The van der Waals surface area contributed by atoms with Gasteiger partial charge in [-0.1, -0.05) is 23.7 Å². The average Bonchev–Trinajstić information content (AvgIpc) is 3.25. The standard InChI is InChI=1S/C15H14ClN3O/c16-11-4-3-5-12(10-11)18-15(20)19(13-7-8-13)14-6-1-2-9-17-14/h1-6,9-10,13H,7-8H2,(H,18,20). The number of aromatic nitrogens is 1. The van der Waals surface area contributed by atoms with Gasteiger partial charge in [0.1, 0.15) is 5.82 Å².